The summed E-state index contributed by atoms with van der Waals surface area (Å²) in [5.41, 5.74) is 0.731. The first-order valence-electron chi connectivity index (χ1n) is 8.70. The molecule has 0 aliphatic heterocycles. The van der Waals surface area contributed by atoms with E-state index in [4.69, 9.17) is 0 Å². The number of benzene rings is 1. The zero-order valence-electron chi connectivity index (χ0n) is 15.1. The van der Waals surface area contributed by atoms with Gasteiger partial charge in [0.25, 0.3) is 0 Å². The van der Waals surface area contributed by atoms with Gasteiger partial charge in [-0.15, -0.1) is 0 Å². The van der Waals surface area contributed by atoms with Gasteiger partial charge in [-0.3, -0.25) is 0 Å². The number of sulfone groups is 1. The lowest BCUT2D eigenvalue weighted by Gasteiger charge is -2.17. The fraction of sp³-hybridized carbons (Fsp3) is 0.667. The van der Waals surface area contributed by atoms with Crippen molar-refractivity contribution in [2.75, 3.05) is 5.75 Å². The molecule has 0 N–H and O–H groups in total. The second-order valence-electron chi connectivity index (χ2n) is 6.55. The van der Waals surface area contributed by atoms with Crippen molar-refractivity contribution in [1.29, 1.82) is 0 Å². The maximum atomic E-state index is 12.9. The summed E-state index contributed by atoms with van der Waals surface area (Å²) >= 11 is 0. The van der Waals surface area contributed by atoms with E-state index in [2.05, 4.69) is 4.74 Å². The van der Waals surface area contributed by atoms with Crippen LogP contribution in [-0.4, -0.2) is 32.0 Å². The van der Waals surface area contributed by atoms with Crippen LogP contribution in [-0.2, 0) is 16.3 Å². The molecule has 0 spiro atoms. The maximum Gasteiger partial charge on any atom is 0.461 e. The number of hydrogen-bond acceptors (Lipinski definition) is 3. The Bertz CT molecular complexity index is 646. The Labute approximate surface area is 152 Å². The third-order valence-corrected chi connectivity index (χ3v) is 6.31. The molecular weight excluding hydrogens is 372 g/mol. The van der Waals surface area contributed by atoms with Gasteiger partial charge < -0.3 is 4.74 Å². The SMILES string of the molecule is CC(C)S(=O)(=O)CCCCCCCc1cccc(OC(F)(F)C(F)F)c1. The summed E-state index contributed by atoms with van der Waals surface area (Å²) in [5.74, 6) is -0.0886. The van der Waals surface area contributed by atoms with Crippen molar-refractivity contribution in [2.24, 2.45) is 0 Å². The zero-order chi connectivity index (χ0) is 19.8. The van der Waals surface area contributed by atoms with Crippen LogP contribution in [0.25, 0.3) is 0 Å². The van der Waals surface area contributed by atoms with Crippen LogP contribution in [0.4, 0.5) is 17.6 Å². The van der Waals surface area contributed by atoms with Gasteiger partial charge in [-0.2, -0.15) is 17.6 Å². The van der Waals surface area contributed by atoms with Crippen LogP contribution in [0.15, 0.2) is 24.3 Å². The van der Waals surface area contributed by atoms with E-state index in [0.29, 0.717) is 12.8 Å². The van der Waals surface area contributed by atoms with E-state index in [1.807, 2.05) is 0 Å². The number of hydrogen-bond donors (Lipinski definition) is 0. The highest BCUT2D eigenvalue weighted by Crippen LogP contribution is 2.28. The third-order valence-electron chi connectivity index (χ3n) is 4.02. The van der Waals surface area contributed by atoms with E-state index in [1.165, 1.54) is 18.2 Å². The number of ether oxygens (including phenoxy) is 1. The molecule has 0 saturated heterocycles. The highest BCUT2D eigenvalue weighted by molar-refractivity contribution is 7.91. The van der Waals surface area contributed by atoms with Gasteiger partial charge in [0.2, 0.25) is 0 Å². The summed E-state index contributed by atoms with van der Waals surface area (Å²) < 4.78 is 77.5. The fourth-order valence-corrected chi connectivity index (χ4v) is 3.44. The Morgan fingerprint density at radius 2 is 1.65 bits per heavy atom. The molecule has 150 valence electrons. The summed E-state index contributed by atoms with van der Waals surface area (Å²) in [5, 5.41) is -0.352. The van der Waals surface area contributed by atoms with Crippen molar-refractivity contribution >= 4 is 9.84 Å². The molecule has 0 bridgehead atoms. The van der Waals surface area contributed by atoms with Crippen molar-refractivity contribution in [3.8, 4) is 5.75 Å². The van der Waals surface area contributed by atoms with Gasteiger partial charge in [-0.25, -0.2) is 8.42 Å². The van der Waals surface area contributed by atoms with E-state index in [-0.39, 0.29) is 16.8 Å². The normalized spacial score (nSPS) is 12.8. The molecule has 0 aliphatic rings. The van der Waals surface area contributed by atoms with Crippen LogP contribution >= 0.6 is 0 Å². The highest BCUT2D eigenvalue weighted by atomic mass is 32.2. The number of alkyl halides is 4. The van der Waals surface area contributed by atoms with Crippen LogP contribution in [0.5, 0.6) is 5.75 Å². The Kier molecular flexibility index (Phi) is 8.86. The molecule has 0 unspecified atom stereocenters. The summed E-state index contributed by atoms with van der Waals surface area (Å²) in [6.45, 7) is 3.34. The van der Waals surface area contributed by atoms with E-state index in [1.54, 1.807) is 19.9 Å². The smallest absolute Gasteiger partial charge is 0.428 e. The standard InChI is InChI=1S/C18H26F4O3S/c1-14(2)26(23,24)12-7-5-3-4-6-9-15-10-8-11-16(13-15)25-18(21,22)17(19)20/h8,10-11,13-14,17H,3-7,9,12H2,1-2H3. The predicted octanol–water partition coefficient (Wildman–Crippen LogP) is 5.24. The van der Waals surface area contributed by atoms with Crippen molar-refractivity contribution in [3.05, 3.63) is 29.8 Å². The maximum absolute atomic E-state index is 12.9. The summed E-state index contributed by atoms with van der Waals surface area (Å²) in [6.07, 6.45) is -3.77. The number of halogens is 4. The molecule has 26 heavy (non-hydrogen) atoms. The van der Waals surface area contributed by atoms with Crippen LogP contribution in [0.1, 0.15) is 51.5 Å². The Balaban J connectivity index is 2.31. The first-order chi connectivity index (χ1) is 12.0. The van der Waals surface area contributed by atoms with Crippen LogP contribution in [0.2, 0.25) is 0 Å². The number of rotatable bonds is 12. The van der Waals surface area contributed by atoms with E-state index in [9.17, 15) is 26.0 Å². The molecule has 0 aliphatic carbocycles. The van der Waals surface area contributed by atoms with E-state index < -0.39 is 22.4 Å². The van der Waals surface area contributed by atoms with Gasteiger partial charge in [0.1, 0.15) is 5.75 Å². The Morgan fingerprint density at radius 3 is 2.27 bits per heavy atom. The van der Waals surface area contributed by atoms with Gasteiger partial charge in [0, 0.05) is 0 Å². The molecule has 8 heteroatoms. The summed E-state index contributed by atoms with van der Waals surface area (Å²) in [7, 11) is -2.99. The molecule has 0 radical (unpaired) electrons. The van der Waals surface area contributed by atoms with Gasteiger partial charge >= 0.3 is 12.5 Å². The molecule has 0 heterocycles. The lowest BCUT2D eigenvalue weighted by atomic mass is 10.1. The zero-order valence-corrected chi connectivity index (χ0v) is 15.9. The van der Waals surface area contributed by atoms with Gasteiger partial charge in [-0.05, 0) is 50.8 Å². The molecule has 0 aromatic heterocycles. The molecule has 1 aromatic carbocycles. The van der Waals surface area contributed by atoms with Gasteiger partial charge in [0.05, 0.1) is 11.0 Å². The predicted molar refractivity (Wildman–Crippen MR) is 93.7 cm³/mol. The highest BCUT2D eigenvalue weighted by Gasteiger charge is 2.43. The lowest BCUT2D eigenvalue weighted by Crippen LogP contribution is -2.33. The quantitative estimate of drug-likeness (QED) is 0.357. The van der Waals surface area contributed by atoms with Crippen LogP contribution < -0.4 is 4.74 Å². The van der Waals surface area contributed by atoms with Crippen LogP contribution in [0, 0.1) is 0 Å². The minimum Gasteiger partial charge on any atom is -0.428 e. The first-order valence-corrected chi connectivity index (χ1v) is 10.4. The minimum atomic E-state index is -4.51. The summed E-state index contributed by atoms with van der Waals surface area (Å²) in [4.78, 5) is 0. The van der Waals surface area contributed by atoms with E-state index >= 15 is 0 Å². The van der Waals surface area contributed by atoms with Gasteiger partial charge in [-0.1, -0.05) is 31.4 Å². The molecule has 0 amide bonds. The van der Waals surface area contributed by atoms with Crippen molar-refractivity contribution < 1.29 is 30.7 Å². The van der Waals surface area contributed by atoms with Crippen molar-refractivity contribution in [1.82, 2.24) is 0 Å². The second kappa shape index (κ2) is 10.1. The van der Waals surface area contributed by atoms with E-state index in [0.717, 1.165) is 31.2 Å². The molecule has 1 aromatic rings. The first kappa shape index (κ1) is 22.7. The summed E-state index contributed by atoms with van der Waals surface area (Å²) in [6, 6.07) is 5.77. The monoisotopic (exact) mass is 398 g/mol. The molecule has 3 nitrogen and oxygen atoms in total. The number of unbranched alkanes of at least 4 members (excludes halogenated alkanes) is 4. The second-order valence-corrected chi connectivity index (χ2v) is 9.22. The average Bonchev–Trinajstić information content (AvgIpc) is 2.53. The molecule has 1 rings (SSSR count). The third kappa shape index (κ3) is 7.93. The Morgan fingerprint density at radius 1 is 1.04 bits per heavy atom. The van der Waals surface area contributed by atoms with Gasteiger partial charge in [0.15, 0.2) is 9.84 Å². The molecule has 0 saturated carbocycles. The topological polar surface area (TPSA) is 43.4 Å². The molecular formula is C18H26F4O3S. The fourth-order valence-electron chi connectivity index (χ4n) is 2.36. The number of aryl methyl sites for hydroxylation is 1. The average molecular weight is 398 g/mol. The molecule has 0 atom stereocenters. The largest absolute Gasteiger partial charge is 0.461 e. The Hall–Kier alpha value is -1.31. The van der Waals surface area contributed by atoms with Crippen LogP contribution in [0.3, 0.4) is 0 Å². The van der Waals surface area contributed by atoms with Crippen molar-refractivity contribution in [3.63, 3.8) is 0 Å². The van der Waals surface area contributed by atoms with Crippen molar-refractivity contribution in [2.45, 2.75) is 70.2 Å². The molecule has 0 fully saturated rings. The minimum absolute atomic E-state index is 0.197. The lowest BCUT2D eigenvalue weighted by molar-refractivity contribution is -0.253.